The highest BCUT2D eigenvalue weighted by Crippen LogP contribution is 2.31. The summed E-state index contributed by atoms with van der Waals surface area (Å²) < 4.78 is 0. The number of anilines is 1. The van der Waals surface area contributed by atoms with Crippen molar-refractivity contribution in [2.45, 2.75) is 38.8 Å². The number of hydrogen-bond donors (Lipinski definition) is 1. The van der Waals surface area contributed by atoms with Crippen molar-refractivity contribution in [3.05, 3.63) is 36.7 Å². The Morgan fingerprint density at radius 1 is 1.56 bits per heavy atom. The molecule has 1 heterocycles. The molecule has 3 nitrogen and oxygen atoms in total. The van der Waals surface area contributed by atoms with Crippen LogP contribution in [0.15, 0.2) is 31.0 Å². The second-order valence-corrected chi connectivity index (χ2v) is 4.85. The molecule has 0 amide bonds. The van der Waals surface area contributed by atoms with Crippen LogP contribution in [0, 0.1) is 0 Å². The van der Waals surface area contributed by atoms with E-state index in [1.54, 1.807) is 0 Å². The molecular weight excluding hydrogens is 222 g/mol. The van der Waals surface area contributed by atoms with Crippen molar-refractivity contribution in [2.75, 3.05) is 18.0 Å². The predicted molar refractivity (Wildman–Crippen MR) is 76.8 cm³/mol. The molecule has 0 radical (unpaired) electrons. The first-order valence-electron chi connectivity index (χ1n) is 6.88. The first-order chi connectivity index (χ1) is 8.85. The summed E-state index contributed by atoms with van der Waals surface area (Å²) in [5, 5.41) is 3.39. The smallest absolute Gasteiger partial charge is 0.0562 e. The van der Waals surface area contributed by atoms with Crippen molar-refractivity contribution in [3.8, 4) is 0 Å². The van der Waals surface area contributed by atoms with Crippen LogP contribution in [0.3, 0.4) is 0 Å². The molecule has 0 aromatic carbocycles. The Morgan fingerprint density at radius 3 is 3.06 bits per heavy atom. The zero-order valence-electron chi connectivity index (χ0n) is 11.2. The zero-order chi connectivity index (χ0) is 12.8. The fourth-order valence-electron chi connectivity index (χ4n) is 2.12. The van der Waals surface area contributed by atoms with Gasteiger partial charge in [0.25, 0.3) is 0 Å². The fraction of sp³-hybridized carbons (Fsp3) is 0.533. The third kappa shape index (κ3) is 3.57. The lowest BCUT2D eigenvalue weighted by Crippen LogP contribution is -2.26. The van der Waals surface area contributed by atoms with Gasteiger partial charge >= 0.3 is 0 Å². The van der Waals surface area contributed by atoms with Gasteiger partial charge in [-0.15, -0.1) is 6.58 Å². The van der Waals surface area contributed by atoms with Gasteiger partial charge in [-0.3, -0.25) is 4.98 Å². The third-order valence-electron chi connectivity index (χ3n) is 3.18. The molecule has 0 saturated heterocycles. The monoisotopic (exact) mass is 245 g/mol. The normalized spacial score (nSPS) is 14.5. The number of nitrogens with zero attached hydrogens (tertiary/aromatic N) is 2. The van der Waals surface area contributed by atoms with Crippen LogP contribution in [0.1, 0.15) is 31.9 Å². The van der Waals surface area contributed by atoms with Crippen LogP contribution in [0.5, 0.6) is 0 Å². The Balaban J connectivity index is 2.02. The largest absolute Gasteiger partial charge is 0.365 e. The molecule has 0 aliphatic heterocycles. The van der Waals surface area contributed by atoms with E-state index in [4.69, 9.17) is 0 Å². The summed E-state index contributed by atoms with van der Waals surface area (Å²) in [6, 6.07) is 5.01. The Kier molecular flexibility index (Phi) is 4.76. The molecule has 1 saturated carbocycles. The summed E-state index contributed by atoms with van der Waals surface area (Å²) in [5.74, 6) is 0. The summed E-state index contributed by atoms with van der Waals surface area (Å²) in [6.45, 7) is 8.86. The van der Waals surface area contributed by atoms with Crippen LogP contribution >= 0.6 is 0 Å². The highest BCUT2D eigenvalue weighted by atomic mass is 15.2. The molecule has 0 spiro atoms. The van der Waals surface area contributed by atoms with Crippen molar-refractivity contribution < 1.29 is 0 Å². The van der Waals surface area contributed by atoms with E-state index >= 15 is 0 Å². The molecular formula is C15H23N3. The number of hydrogen-bond acceptors (Lipinski definition) is 3. The molecule has 0 unspecified atom stereocenters. The zero-order valence-corrected chi connectivity index (χ0v) is 11.2. The topological polar surface area (TPSA) is 28.2 Å². The first-order valence-corrected chi connectivity index (χ1v) is 6.88. The number of pyridine rings is 1. The molecule has 18 heavy (non-hydrogen) atoms. The van der Waals surface area contributed by atoms with Crippen LogP contribution < -0.4 is 10.2 Å². The summed E-state index contributed by atoms with van der Waals surface area (Å²) in [7, 11) is 0. The van der Waals surface area contributed by atoms with Crippen molar-refractivity contribution in [2.24, 2.45) is 0 Å². The summed E-state index contributed by atoms with van der Waals surface area (Å²) in [6.07, 6.45) is 7.66. The quantitative estimate of drug-likeness (QED) is 0.564. The van der Waals surface area contributed by atoms with Gasteiger partial charge in [0.1, 0.15) is 0 Å². The minimum atomic E-state index is 0.710. The maximum atomic E-state index is 4.42. The average Bonchev–Trinajstić information content (AvgIpc) is 3.21. The summed E-state index contributed by atoms with van der Waals surface area (Å²) in [5.41, 5.74) is 2.40. The Morgan fingerprint density at radius 2 is 2.39 bits per heavy atom. The number of aromatic nitrogens is 1. The molecule has 1 N–H and O–H groups in total. The molecule has 1 aromatic heterocycles. The second kappa shape index (κ2) is 6.55. The summed E-state index contributed by atoms with van der Waals surface area (Å²) >= 11 is 0. The van der Waals surface area contributed by atoms with Gasteiger partial charge in [0.15, 0.2) is 0 Å². The molecule has 2 rings (SSSR count). The lowest BCUT2D eigenvalue weighted by molar-refractivity contribution is 0.664. The SMILES string of the molecule is C=CCN(c1ccnc(CNCCC)c1)C1CC1. The van der Waals surface area contributed by atoms with Gasteiger partial charge in [-0.1, -0.05) is 13.0 Å². The number of rotatable bonds is 8. The fourth-order valence-corrected chi connectivity index (χ4v) is 2.12. The Bertz CT molecular complexity index is 385. The number of nitrogens with one attached hydrogen (secondary N) is 1. The molecule has 0 atom stereocenters. The molecule has 1 fully saturated rings. The van der Waals surface area contributed by atoms with Gasteiger partial charge in [-0.25, -0.2) is 0 Å². The first kappa shape index (κ1) is 13.1. The Hall–Kier alpha value is -1.35. The lowest BCUT2D eigenvalue weighted by Gasteiger charge is -2.23. The highest BCUT2D eigenvalue weighted by Gasteiger charge is 2.28. The van der Waals surface area contributed by atoms with Crippen molar-refractivity contribution in [3.63, 3.8) is 0 Å². The van der Waals surface area contributed by atoms with E-state index in [2.05, 4.69) is 40.8 Å². The van der Waals surface area contributed by atoms with E-state index in [0.29, 0.717) is 6.04 Å². The van der Waals surface area contributed by atoms with Gasteiger partial charge in [-0.2, -0.15) is 0 Å². The molecule has 1 aromatic rings. The van der Waals surface area contributed by atoms with Crippen LogP contribution in [0.4, 0.5) is 5.69 Å². The van der Waals surface area contributed by atoms with Crippen molar-refractivity contribution in [1.82, 2.24) is 10.3 Å². The van der Waals surface area contributed by atoms with E-state index in [-0.39, 0.29) is 0 Å². The van der Waals surface area contributed by atoms with Gasteiger partial charge in [0.2, 0.25) is 0 Å². The average molecular weight is 245 g/mol. The van der Waals surface area contributed by atoms with Gasteiger partial charge < -0.3 is 10.2 Å². The molecule has 0 bridgehead atoms. The van der Waals surface area contributed by atoms with E-state index in [9.17, 15) is 0 Å². The van der Waals surface area contributed by atoms with Crippen molar-refractivity contribution in [1.29, 1.82) is 0 Å². The van der Waals surface area contributed by atoms with Crippen LogP contribution in [-0.2, 0) is 6.54 Å². The summed E-state index contributed by atoms with van der Waals surface area (Å²) in [4.78, 5) is 6.85. The third-order valence-corrected chi connectivity index (χ3v) is 3.18. The van der Waals surface area contributed by atoms with E-state index in [1.807, 2.05) is 12.3 Å². The molecule has 98 valence electrons. The van der Waals surface area contributed by atoms with Crippen LogP contribution in [-0.4, -0.2) is 24.1 Å². The molecule has 1 aliphatic carbocycles. The Labute approximate surface area is 110 Å². The van der Waals surface area contributed by atoms with E-state index in [1.165, 1.54) is 18.5 Å². The second-order valence-electron chi connectivity index (χ2n) is 4.85. The van der Waals surface area contributed by atoms with Gasteiger partial charge in [0, 0.05) is 31.0 Å². The van der Waals surface area contributed by atoms with Gasteiger partial charge in [-0.05, 0) is 37.9 Å². The maximum Gasteiger partial charge on any atom is 0.0562 e. The predicted octanol–water partition coefficient (Wildman–Crippen LogP) is 2.74. The standard InChI is InChI=1S/C15H23N3/c1-3-8-16-12-13-11-15(7-9-17-13)18(10-4-2)14-5-6-14/h4,7,9,11,14,16H,2-3,5-6,8,10,12H2,1H3. The van der Waals surface area contributed by atoms with Crippen LogP contribution in [0.25, 0.3) is 0 Å². The van der Waals surface area contributed by atoms with Crippen LogP contribution in [0.2, 0.25) is 0 Å². The van der Waals surface area contributed by atoms with E-state index < -0.39 is 0 Å². The highest BCUT2D eigenvalue weighted by molar-refractivity contribution is 5.49. The van der Waals surface area contributed by atoms with Gasteiger partial charge in [0.05, 0.1) is 5.69 Å². The lowest BCUT2D eigenvalue weighted by atomic mass is 10.2. The molecule has 3 heteroatoms. The van der Waals surface area contributed by atoms with E-state index in [0.717, 1.165) is 31.7 Å². The van der Waals surface area contributed by atoms with Crippen molar-refractivity contribution >= 4 is 5.69 Å². The maximum absolute atomic E-state index is 4.42. The molecule has 1 aliphatic rings. The minimum absolute atomic E-state index is 0.710. The minimum Gasteiger partial charge on any atom is -0.365 e.